The number of likely N-dealkylation sites (tertiary alicyclic amines) is 1. The van der Waals surface area contributed by atoms with Crippen molar-refractivity contribution in [3.8, 4) is 0 Å². The Morgan fingerprint density at radius 1 is 1.00 bits per heavy atom. The van der Waals surface area contributed by atoms with Gasteiger partial charge in [-0.3, -0.25) is 4.90 Å². The summed E-state index contributed by atoms with van der Waals surface area (Å²) in [6, 6.07) is 0.163. The first-order valence-electron chi connectivity index (χ1n) is 7.58. The van der Waals surface area contributed by atoms with E-state index in [-0.39, 0.29) is 6.04 Å². The molecule has 3 heterocycles. The molecule has 0 spiro atoms. The third kappa shape index (κ3) is 3.47. The maximum atomic E-state index is 5.41. The minimum atomic E-state index is 0.163. The molecule has 0 unspecified atom stereocenters. The lowest BCUT2D eigenvalue weighted by Crippen LogP contribution is -2.28. The summed E-state index contributed by atoms with van der Waals surface area (Å²) >= 11 is 0. The largest absolute Gasteiger partial charge is 0.340 e. The first-order chi connectivity index (χ1) is 10.2. The van der Waals surface area contributed by atoms with Gasteiger partial charge >= 0.3 is 0 Å². The van der Waals surface area contributed by atoms with Crippen LogP contribution in [0.15, 0.2) is 9.05 Å². The molecule has 0 amide bonds. The predicted octanol–water partition coefficient (Wildman–Crippen LogP) is 2.29. The summed E-state index contributed by atoms with van der Waals surface area (Å²) < 4.78 is 10.4. The highest BCUT2D eigenvalue weighted by atomic mass is 16.5. The smallest absolute Gasteiger partial charge is 0.243 e. The van der Waals surface area contributed by atoms with Crippen LogP contribution in [-0.4, -0.2) is 38.3 Å². The van der Waals surface area contributed by atoms with Gasteiger partial charge in [0.05, 0.1) is 12.5 Å². The highest BCUT2D eigenvalue weighted by Crippen LogP contribution is 2.22. The molecule has 1 fully saturated rings. The van der Waals surface area contributed by atoms with Crippen molar-refractivity contribution in [1.82, 2.24) is 25.2 Å². The zero-order valence-electron chi connectivity index (χ0n) is 12.6. The van der Waals surface area contributed by atoms with E-state index in [1.54, 1.807) is 6.92 Å². The van der Waals surface area contributed by atoms with Crippen molar-refractivity contribution in [2.75, 3.05) is 13.1 Å². The quantitative estimate of drug-likeness (QED) is 0.854. The van der Waals surface area contributed by atoms with E-state index < -0.39 is 0 Å². The zero-order valence-corrected chi connectivity index (χ0v) is 12.6. The molecule has 21 heavy (non-hydrogen) atoms. The lowest BCUT2D eigenvalue weighted by atomic mass is 10.2. The zero-order chi connectivity index (χ0) is 14.7. The SMILES string of the molecule is Cc1nc(Cc2noc([C@H](C)N3CCCCCC3)n2)no1. The van der Waals surface area contributed by atoms with Crippen LogP contribution in [0.2, 0.25) is 0 Å². The van der Waals surface area contributed by atoms with Gasteiger partial charge in [0.1, 0.15) is 0 Å². The molecule has 7 heteroatoms. The number of nitrogens with zero attached hydrogens (tertiary/aromatic N) is 5. The van der Waals surface area contributed by atoms with Gasteiger partial charge in [0.2, 0.25) is 11.8 Å². The van der Waals surface area contributed by atoms with Crippen LogP contribution in [0.25, 0.3) is 0 Å². The fraction of sp³-hybridized carbons (Fsp3) is 0.714. The Morgan fingerprint density at radius 3 is 2.33 bits per heavy atom. The first-order valence-corrected chi connectivity index (χ1v) is 7.58. The molecule has 0 aliphatic carbocycles. The van der Waals surface area contributed by atoms with E-state index in [2.05, 4.69) is 32.1 Å². The molecular weight excluding hydrogens is 270 g/mol. The van der Waals surface area contributed by atoms with E-state index in [1.165, 1.54) is 25.7 Å². The van der Waals surface area contributed by atoms with Gasteiger partial charge in [-0.05, 0) is 32.9 Å². The highest BCUT2D eigenvalue weighted by Gasteiger charge is 2.22. The Morgan fingerprint density at radius 2 is 1.67 bits per heavy atom. The van der Waals surface area contributed by atoms with Gasteiger partial charge in [-0.2, -0.15) is 9.97 Å². The molecule has 2 aromatic heterocycles. The van der Waals surface area contributed by atoms with E-state index in [9.17, 15) is 0 Å². The normalized spacial score (nSPS) is 18.6. The Hall–Kier alpha value is -1.76. The van der Waals surface area contributed by atoms with E-state index in [0.29, 0.717) is 29.9 Å². The molecule has 2 aromatic rings. The fourth-order valence-electron chi connectivity index (χ4n) is 2.70. The van der Waals surface area contributed by atoms with Gasteiger partial charge in [0, 0.05) is 6.92 Å². The van der Waals surface area contributed by atoms with Crippen LogP contribution in [0.4, 0.5) is 0 Å². The van der Waals surface area contributed by atoms with E-state index in [1.807, 2.05) is 0 Å². The molecule has 0 N–H and O–H groups in total. The summed E-state index contributed by atoms with van der Waals surface area (Å²) in [6.07, 6.45) is 5.56. The molecule has 0 bridgehead atoms. The average molecular weight is 291 g/mol. The molecular formula is C14H21N5O2. The van der Waals surface area contributed by atoms with E-state index in [4.69, 9.17) is 9.05 Å². The van der Waals surface area contributed by atoms with Crippen LogP contribution < -0.4 is 0 Å². The average Bonchev–Trinajstić information content (AvgIpc) is 3.00. The van der Waals surface area contributed by atoms with Crippen molar-refractivity contribution in [2.24, 2.45) is 0 Å². The number of hydrogen-bond donors (Lipinski definition) is 0. The standard InChI is InChI=1S/C14H21N5O2/c1-10(19-7-5-3-4-6-8-19)14-16-13(18-21-14)9-12-15-11(2)20-17-12/h10H,3-9H2,1-2H3/t10-/m0/s1. The number of rotatable bonds is 4. The van der Waals surface area contributed by atoms with Gasteiger partial charge in [-0.15, -0.1) is 0 Å². The summed E-state index contributed by atoms with van der Waals surface area (Å²) in [6.45, 7) is 6.09. The van der Waals surface area contributed by atoms with Gasteiger partial charge < -0.3 is 9.05 Å². The topological polar surface area (TPSA) is 81.1 Å². The Bertz CT molecular complexity index is 571. The lowest BCUT2D eigenvalue weighted by molar-refractivity contribution is 0.179. The van der Waals surface area contributed by atoms with Gasteiger partial charge in [0.15, 0.2) is 11.6 Å². The maximum absolute atomic E-state index is 5.41. The van der Waals surface area contributed by atoms with Crippen molar-refractivity contribution in [2.45, 2.75) is 52.0 Å². The highest BCUT2D eigenvalue weighted by molar-refractivity contribution is 5.00. The summed E-state index contributed by atoms with van der Waals surface area (Å²) in [4.78, 5) is 11.1. The second-order valence-corrected chi connectivity index (χ2v) is 5.58. The van der Waals surface area contributed by atoms with Gasteiger partial charge in [-0.1, -0.05) is 23.2 Å². The number of hydrogen-bond acceptors (Lipinski definition) is 7. The first kappa shape index (κ1) is 14.2. The second kappa shape index (κ2) is 6.34. The molecule has 3 rings (SSSR count). The fourth-order valence-corrected chi connectivity index (χ4v) is 2.70. The van der Waals surface area contributed by atoms with Crippen molar-refractivity contribution in [1.29, 1.82) is 0 Å². The monoisotopic (exact) mass is 291 g/mol. The van der Waals surface area contributed by atoms with Crippen molar-refractivity contribution in [3.05, 3.63) is 23.4 Å². The molecule has 0 saturated carbocycles. The summed E-state index contributed by atoms with van der Waals surface area (Å²) in [5.74, 6) is 2.41. The Kier molecular flexibility index (Phi) is 4.28. The predicted molar refractivity (Wildman–Crippen MR) is 74.6 cm³/mol. The Balaban J connectivity index is 1.65. The van der Waals surface area contributed by atoms with Crippen molar-refractivity contribution < 1.29 is 9.05 Å². The molecule has 1 aliphatic heterocycles. The van der Waals surface area contributed by atoms with E-state index in [0.717, 1.165) is 13.1 Å². The molecule has 1 aliphatic rings. The molecule has 7 nitrogen and oxygen atoms in total. The lowest BCUT2D eigenvalue weighted by Gasteiger charge is -2.24. The summed E-state index contributed by atoms with van der Waals surface area (Å²) in [5, 5.41) is 7.87. The molecule has 0 radical (unpaired) electrons. The minimum Gasteiger partial charge on any atom is -0.340 e. The second-order valence-electron chi connectivity index (χ2n) is 5.58. The molecule has 114 valence electrons. The van der Waals surface area contributed by atoms with Gasteiger partial charge in [0.25, 0.3) is 0 Å². The van der Waals surface area contributed by atoms with Crippen LogP contribution in [0.5, 0.6) is 0 Å². The maximum Gasteiger partial charge on any atom is 0.243 e. The van der Waals surface area contributed by atoms with E-state index >= 15 is 0 Å². The molecule has 1 atom stereocenters. The molecule has 1 saturated heterocycles. The summed E-state index contributed by atoms with van der Waals surface area (Å²) in [5.41, 5.74) is 0. The van der Waals surface area contributed by atoms with Crippen LogP contribution in [0.3, 0.4) is 0 Å². The van der Waals surface area contributed by atoms with Crippen molar-refractivity contribution in [3.63, 3.8) is 0 Å². The van der Waals surface area contributed by atoms with Crippen LogP contribution >= 0.6 is 0 Å². The Labute approximate surface area is 123 Å². The minimum absolute atomic E-state index is 0.163. The number of aromatic nitrogens is 4. The van der Waals surface area contributed by atoms with Crippen LogP contribution in [-0.2, 0) is 6.42 Å². The van der Waals surface area contributed by atoms with Crippen molar-refractivity contribution >= 4 is 0 Å². The number of aryl methyl sites for hydroxylation is 1. The third-order valence-corrected chi connectivity index (χ3v) is 3.92. The van der Waals surface area contributed by atoms with Crippen LogP contribution in [0.1, 0.15) is 62.1 Å². The van der Waals surface area contributed by atoms with Crippen LogP contribution in [0, 0.1) is 6.92 Å². The van der Waals surface area contributed by atoms with Gasteiger partial charge in [-0.25, -0.2) is 0 Å². The summed E-state index contributed by atoms with van der Waals surface area (Å²) in [7, 11) is 0. The molecule has 0 aromatic carbocycles. The third-order valence-electron chi connectivity index (χ3n) is 3.92.